The van der Waals surface area contributed by atoms with Crippen LogP contribution in [0.3, 0.4) is 0 Å². The maximum absolute atomic E-state index is 16.2. The van der Waals surface area contributed by atoms with Crippen LogP contribution in [0, 0.1) is 50.2 Å². The summed E-state index contributed by atoms with van der Waals surface area (Å²) in [7, 11) is 0. The first-order valence-corrected chi connectivity index (χ1v) is 36.4. The minimum atomic E-state index is -2.31. The van der Waals surface area contributed by atoms with Crippen molar-refractivity contribution in [3.8, 4) is 0 Å². The van der Waals surface area contributed by atoms with Crippen molar-refractivity contribution in [1.29, 1.82) is 0 Å². The predicted molar refractivity (Wildman–Crippen MR) is 347 cm³/mol. The van der Waals surface area contributed by atoms with Crippen LogP contribution in [0.4, 0.5) is 0 Å². The number of carbonyl (C=O) groups excluding carboxylic acids is 4. The summed E-state index contributed by atoms with van der Waals surface area (Å²) in [6.45, 7) is 11.4. The van der Waals surface area contributed by atoms with Crippen LogP contribution in [0.1, 0.15) is 127 Å². The predicted octanol–water partition coefficient (Wildman–Crippen LogP) is -4.33. The van der Waals surface area contributed by atoms with E-state index in [4.69, 9.17) is 71.1 Å². The smallest absolute Gasteiger partial charge is 0.315 e. The number of esters is 4. The van der Waals surface area contributed by atoms with E-state index in [1.807, 2.05) is 13.0 Å². The number of ether oxygens (including phenoxy) is 15. The van der Waals surface area contributed by atoms with E-state index in [1.54, 1.807) is 0 Å². The average molecular weight is 1530 g/mol. The molecule has 6 saturated heterocycles. The second-order valence-electron chi connectivity index (χ2n) is 32.7. The quantitative estimate of drug-likeness (QED) is 0.0237. The fourth-order valence-corrected chi connectivity index (χ4v) is 19.9. The van der Waals surface area contributed by atoms with Gasteiger partial charge in [-0.1, -0.05) is 39.3 Å². The molecule has 0 radical (unpaired) electrons. The van der Waals surface area contributed by atoms with Crippen LogP contribution in [0.15, 0.2) is 11.6 Å². The molecule has 0 amide bonds. The minimum absolute atomic E-state index is 0.0239. The summed E-state index contributed by atoms with van der Waals surface area (Å²) in [4.78, 5) is 68.3. The van der Waals surface area contributed by atoms with E-state index >= 15 is 4.79 Å². The van der Waals surface area contributed by atoms with Gasteiger partial charge in [0.1, 0.15) is 104 Å². The van der Waals surface area contributed by atoms with Gasteiger partial charge < -0.3 is 153 Å². The lowest BCUT2D eigenvalue weighted by atomic mass is 9.33. The monoisotopic (exact) mass is 1520 g/mol. The van der Waals surface area contributed by atoms with Gasteiger partial charge in [0.15, 0.2) is 55.4 Å². The third kappa shape index (κ3) is 14.5. The summed E-state index contributed by atoms with van der Waals surface area (Å²) < 4.78 is 90.0. The first-order chi connectivity index (χ1) is 49.6. The van der Waals surface area contributed by atoms with Gasteiger partial charge in [-0.05, 0) is 113 Å². The SMILES string of the molecule is CC(=O)OC[C@@]1(O)CO[C@@H](O[C@H]2[C@@H](O)[C@H](O[C@H]3[C@H](OC(=O)[C@]45CCC(C)(C)C[C@H]4C4=CC[C@@H]6[C@@]7(C)C[C@H](O)[C@H](O[C@@H]8O[C@H](CO)[C@@H](O)[C@H](O)[C@H]8O)[C@@](C)(C(=O)O)C7CC[C@@]6(C)[C@]4(CO)CC5)O[C@H](C)[C@H](OC(C)=O)[C@@H]3OC(C)=O)O[C@@H](C)[C@@H]2O[C@@H]2OC[C@@H](O[C@@H]3O[C@H](CO)[C@H](O)[C@H](O)[C@H]3O)[C@H](O)[C@H]2O)[C@@H]1O. The van der Waals surface area contributed by atoms with E-state index in [1.165, 1.54) is 20.8 Å². The maximum atomic E-state index is 16.2. The standard InChI is InChI=1S/C70H108O36/c1-27-49(102-56-45(83)42(80)37(23-92-56)101-57-46(84)43(81)40(78)35(21-71)99-57)51(103-61-54(87)70(91,26-94-61)25-93-29(3)74)48(86)59(95-27)104-53-52(98-31(5)76)50(97-30(4)75)28(2)96-60(53)106-63(90)68-16-15-64(6,7)19-33(68)32-11-12-38-65(8)20-34(77)55(105-58-47(85)44(82)41(79)36(22-72)100-58)67(10,62(88)89)39(65)13-14-66(38,9)69(32,24-73)18-17-68/h11,27-28,33-61,71-73,77-87,91H,12-26H2,1-10H3,(H,88,89)/t27-,28+,33-,34-,35+,36+,37+,38+,39?,40-,41+,42-,43-,44-,45+,46+,47+,48+,49-,50-,51-,52-,53+,54-,55-,56-,57-,58-,59-,60-,61-,65+,66+,67-,68-,69-,70+/m0/s1. The molecule has 0 aromatic carbocycles. The van der Waals surface area contributed by atoms with Crippen molar-refractivity contribution in [2.45, 2.75) is 305 Å². The average Bonchev–Trinajstić information content (AvgIpc) is 0.718. The van der Waals surface area contributed by atoms with E-state index in [9.17, 15) is 101 Å². The van der Waals surface area contributed by atoms with Crippen molar-refractivity contribution >= 4 is 29.8 Å². The van der Waals surface area contributed by atoms with Crippen molar-refractivity contribution in [3.05, 3.63) is 11.6 Å². The molecular weight excluding hydrogens is 1420 g/mol. The van der Waals surface area contributed by atoms with Crippen molar-refractivity contribution in [1.82, 2.24) is 0 Å². The first kappa shape index (κ1) is 83.0. The molecule has 11 aliphatic rings. The van der Waals surface area contributed by atoms with E-state index in [0.29, 0.717) is 25.7 Å². The molecule has 1 unspecified atom stereocenters. The number of hydrogen-bond donors (Lipinski definition) is 16. The van der Waals surface area contributed by atoms with Crippen LogP contribution in [0.25, 0.3) is 0 Å². The van der Waals surface area contributed by atoms with Crippen LogP contribution in [-0.4, -0.2) is 329 Å². The number of allylic oxidation sites excluding steroid dienone is 1. The van der Waals surface area contributed by atoms with Crippen LogP contribution >= 0.6 is 0 Å². The molecule has 10 fully saturated rings. The van der Waals surface area contributed by atoms with E-state index in [2.05, 4.69) is 20.8 Å². The van der Waals surface area contributed by atoms with Gasteiger partial charge in [0.2, 0.25) is 6.29 Å². The highest BCUT2D eigenvalue weighted by atomic mass is 16.8. The lowest BCUT2D eigenvalue weighted by Gasteiger charge is -2.71. The highest BCUT2D eigenvalue weighted by Crippen LogP contribution is 2.76. The third-order valence-electron chi connectivity index (χ3n) is 25.8. The highest BCUT2D eigenvalue weighted by Gasteiger charge is 2.74. The molecule has 604 valence electrons. The Morgan fingerprint density at radius 3 is 1.69 bits per heavy atom. The van der Waals surface area contributed by atoms with Gasteiger partial charge in [0.05, 0.1) is 62.2 Å². The van der Waals surface area contributed by atoms with Gasteiger partial charge in [-0.2, -0.15) is 0 Å². The summed E-state index contributed by atoms with van der Waals surface area (Å²) in [5, 5.41) is 178. The molecule has 0 bridgehead atoms. The van der Waals surface area contributed by atoms with E-state index in [0.717, 1.165) is 26.3 Å². The summed E-state index contributed by atoms with van der Waals surface area (Å²) in [6, 6.07) is 0. The number of aliphatic carboxylic acids is 1. The molecule has 36 heteroatoms. The van der Waals surface area contributed by atoms with Crippen LogP contribution in [0.2, 0.25) is 0 Å². The summed E-state index contributed by atoms with van der Waals surface area (Å²) in [6.07, 6.45) is -45.2. The molecule has 0 aromatic rings. The van der Waals surface area contributed by atoms with Gasteiger partial charge >= 0.3 is 29.8 Å². The Kier molecular flexibility index (Phi) is 24.4. The number of fused-ring (bicyclic) bond motifs is 7. The highest BCUT2D eigenvalue weighted by molar-refractivity contribution is 5.79. The van der Waals surface area contributed by atoms with Crippen molar-refractivity contribution in [3.63, 3.8) is 0 Å². The minimum Gasteiger partial charge on any atom is -0.481 e. The number of aliphatic hydroxyl groups excluding tert-OH is 14. The number of hydrogen-bond acceptors (Lipinski definition) is 35. The Hall–Kier alpha value is -3.95. The Bertz CT molecular complexity index is 3180. The molecule has 0 spiro atoms. The summed E-state index contributed by atoms with van der Waals surface area (Å²) in [5.41, 5.74) is -8.14. The third-order valence-corrected chi connectivity index (χ3v) is 25.8. The zero-order valence-corrected chi connectivity index (χ0v) is 60.9. The molecule has 37 atom stereocenters. The van der Waals surface area contributed by atoms with Gasteiger partial charge in [0.25, 0.3) is 0 Å². The van der Waals surface area contributed by atoms with E-state index < -0.39 is 297 Å². The van der Waals surface area contributed by atoms with Gasteiger partial charge in [0, 0.05) is 26.2 Å². The van der Waals surface area contributed by atoms with E-state index in [-0.39, 0.29) is 32.1 Å². The maximum Gasteiger partial charge on any atom is 0.315 e. The zero-order valence-electron chi connectivity index (χ0n) is 60.9. The van der Waals surface area contributed by atoms with Crippen LogP contribution in [-0.2, 0) is 95.0 Å². The Morgan fingerprint density at radius 1 is 0.538 bits per heavy atom. The fourth-order valence-electron chi connectivity index (χ4n) is 19.9. The molecule has 36 nitrogen and oxygen atoms in total. The Morgan fingerprint density at radius 2 is 1.09 bits per heavy atom. The van der Waals surface area contributed by atoms with Crippen molar-refractivity contribution in [2.24, 2.45) is 50.2 Å². The largest absolute Gasteiger partial charge is 0.481 e. The number of carboxylic acids is 1. The second kappa shape index (κ2) is 31.2. The molecule has 4 saturated carbocycles. The van der Waals surface area contributed by atoms with Crippen molar-refractivity contribution < 1.29 is 177 Å². The second-order valence-corrected chi connectivity index (χ2v) is 32.7. The zero-order chi connectivity index (χ0) is 77.8. The van der Waals surface area contributed by atoms with Gasteiger partial charge in [-0.3, -0.25) is 24.0 Å². The normalized spacial score (nSPS) is 50.7. The van der Waals surface area contributed by atoms with Crippen molar-refractivity contribution in [2.75, 3.05) is 39.6 Å². The molecule has 6 aliphatic heterocycles. The topological polar surface area (TPSA) is 547 Å². The molecule has 0 aromatic heterocycles. The Balaban J connectivity index is 0.892. The van der Waals surface area contributed by atoms with Crippen LogP contribution < -0.4 is 0 Å². The lowest BCUT2D eigenvalue weighted by Crippen LogP contribution is -2.71. The number of aliphatic hydroxyl groups is 15. The lowest BCUT2D eigenvalue weighted by molar-refractivity contribution is -0.388. The first-order valence-electron chi connectivity index (χ1n) is 36.4. The number of carbonyl (C=O) groups is 5. The van der Waals surface area contributed by atoms with Crippen LogP contribution in [0.5, 0.6) is 0 Å². The summed E-state index contributed by atoms with van der Waals surface area (Å²) >= 11 is 0. The molecule has 106 heavy (non-hydrogen) atoms. The Labute approximate surface area is 610 Å². The summed E-state index contributed by atoms with van der Waals surface area (Å²) in [5.74, 6) is -6.60. The fraction of sp³-hybridized carbons (Fsp3) is 0.900. The van der Waals surface area contributed by atoms with Gasteiger partial charge in [-0.25, -0.2) is 0 Å². The molecule has 6 heterocycles. The number of carboxylic acid groups (broad SMARTS) is 1. The van der Waals surface area contributed by atoms with Gasteiger partial charge in [-0.15, -0.1) is 0 Å². The molecule has 5 aliphatic carbocycles. The number of rotatable bonds is 20. The molecular formula is C70H108O36. The molecule has 11 rings (SSSR count). The molecule has 16 N–H and O–H groups in total.